The molecule has 0 bridgehead atoms. The van der Waals surface area contributed by atoms with Crippen LogP contribution >= 0.6 is 11.6 Å². The fraction of sp³-hybridized carbons (Fsp3) is 0.562. The minimum Gasteiger partial charge on any atom is -0.481 e. The molecule has 0 aliphatic heterocycles. The summed E-state index contributed by atoms with van der Waals surface area (Å²) in [6, 6.07) is 7.15. The van der Waals surface area contributed by atoms with Crippen LogP contribution in [0.3, 0.4) is 0 Å². The molecule has 1 N–H and O–H groups in total. The summed E-state index contributed by atoms with van der Waals surface area (Å²) in [5, 5.41) is 3.70. The predicted octanol–water partition coefficient (Wildman–Crippen LogP) is 3.90. The van der Waals surface area contributed by atoms with Crippen LogP contribution in [-0.2, 0) is 4.79 Å². The summed E-state index contributed by atoms with van der Waals surface area (Å²) in [6.07, 6.45) is -0.531. The predicted molar refractivity (Wildman–Crippen MR) is 83.1 cm³/mol. The molecular weight excluding hydrogens is 274 g/mol. The van der Waals surface area contributed by atoms with E-state index in [0.29, 0.717) is 22.6 Å². The van der Waals surface area contributed by atoms with Crippen molar-refractivity contribution in [2.75, 3.05) is 0 Å². The van der Waals surface area contributed by atoms with E-state index in [4.69, 9.17) is 16.3 Å². The van der Waals surface area contributed by atoms with Crippen molar-refractivity contribution in [2.24, 2.45) is 11.8 Å². The summed E-state index contributed by atoms with van der Waals surface area (Å²) in [5.41, 5.74) is 0. The largest absolute Gasteiger partial charge is 0.481 e. The summed E-state index contributed by atoms with van der Waals surface area (Å²) in [5.74, 6) is 1.33. The third kappa shape index (κ3) is 5.04. The molecule has 0 radical (unpaired) electrons. The standard InChI is InChI=1S/C16H24ClNO2/c1-10(2)15(11(3)4)18-16(19)12(5)20-14-8-6-13(17)7-9-14/h6-12,15H,1-5H3,(H,18,19)/t12-/m1/s1. The molecule has 0 aliphatic rings. The molecule has 0 aliphatic carbocycles. The molecule has 1 atom stereocenters. The van der Waals surface area contributed by atoms with Gasteiger partial charge in [-0.05, 0) is 43.0 Å². The highest BCUT2D eigenvalue weighted by atomic mass is 35.5. The van der Waals surface area contributed by atoms with Gasteiger partial charge in [-0.25, -0.2) is 0 Å². The van der Waals surface area contributed by atoms with Gasteiger partial charge in [-0.1, -0.05) is 39.3 Å². The number of rotatable bonds is 6. The fourth-order valence-corrected chi connectivity index (χ4v) is 2.28. The Kier molecular flexibility index (Phi) is 6.34. The summed E-state index contributed by atoms with van der Waals surface area (Å²) in [6.45, 7) is 10.2. The first-order chi connectivity index (χ1) is 9.31. The quantitative estimate of drug-likeness (QED) is 0.864. The Morgan fingerprint density at radius 3 is 2.00 bits per heavy atom. The monoisotopic (exact) mass is 297 g/mol. The van der Waals surface area contributed by atoms with Crippen LogP contribution in [0.15, 0.2) is 24.3 Å². The van der Waals surface area contributed by atoms with Gasteiger partial charge < -0.3 is 10.1 Å². The Labute approximate surface area is 126 Å². The third-order valence-corrected chi connectivity index (χ3v) is 3.49. The number of hydrogen-bond donors (Lipinski definition) is 1. The molecule has 4 heteroatoms. The van der Waals surface area contributed by atoms with Crippen LogP contribution in [0.1, 0.15) is 34.6 Å². The van der Waals surface area contributed by atoms with Crippen molar-refractivity contribution < 1.29 is 9.53 Å². The first-order valence-corrected chi connectivity index (χ1v) is 7.41. The van der Waals surface area contributed by atoms with Gasteiger partial charge >= 0.3 is 0 Å². The average molecular weight is 298 g/mol. The van der Waals surface area contributed by atoms with Crippen molar-refractivity contribution in [1.82, 2.24) is 5.32 Å². The molecule has 0 fully saturated rings. The van der Waals surface area contributed by atoms with Crippen LogP contribution in [0, 0.1) is 11.8 Å². The van der Waals surface area contributed by atoms with E-state index in [9.17, 15) is 4.79 Å². The highest BCUT2D eigenvalue weighted by Gasteiger charge is 2.23. The Morgan fingerprint density at radius 2 is 1.55 bits per heavy atom. The van der Waals surface area contributed by atoms with Crippen molar-refractivity contribution in [3.05, 3.63) is 29.3 Å². The average Bonchev–Trinajstić information content (AvgIpc) is 2.37. The van der Waals surface area contributed by atoms with Gasteiger partial charge in [0.05, 0.1) is 0 Å². The van der Waals surface area contributed by atoms with Gasteiger partial charge in [-0.2, -0.15) is 0 Å². The lowest BCUT2D eigenvalue weighted by molar-refractivity contribution is -0.128. The molecule has 0 saturated heterocycles. The molecule has 20 heavy (non-hydrogen) atoms. The van der Waals surface area contributed by atoms with E-state index in [1.54, 1.807) is 31.2 Å². The van der Waals surface area contributed by atoms with Crippen molar-refractivity contribution >= 4 is 17.5 Å². The maximum Gasteiger partial charge on any atom is 0.261 e. The first kappa shape index (κ1) is 16.8. The summed E-state index contributed by atoms with van der Waals surface area (Å²) < 4.78 is 5.62. The van der Waals surface area contributed by atoms with Crippen molar-refractivity contribution in [1.29, 1.82) is 0 Å². The summed E-state index contributed by atoms with van der Waals surface area (Å²) in [7, 11) is 0. The van der Waals surface area contributed by atoms with Gasteiger partial charge in [0.25, 0.3) is 5.91 Å². The smallest absolute Gasteiger partial charge is 0.261 e. The second-order valence-electron chi connectivity index (χ2n) is 5.74. The Hall–Kier alpha value is -1.22. The van der Waals surface area contributed by atoms with E-state index in [-0.39, 0.29) is 11.9 Å². The third-order valence-electron chi connectivity index (χ3n) is 3.24. The van der Waals surface area contributed by atoms with Crippen molar-refractivity contribution in [2.45, 2.75) is 46.8 Å². The van der Waals surface area contributed by atoms with Gasteiger partial charge in [0.15, 0.2) is 6.10 Å². The summed E-state index contributed by atoms with van der Waals surface area (Å²) in [4.78, 5) is 12.2. The first-order valence-electron chi connectivity index (χ1n) is 7.04. The topological polar surface area (TPSA) is 38.3 Å². The molecule has 1 rings (SSSR count). The number of amides is 1. The lowest BCUT2D eigenvalue weighted by Gasteiger charge is -2.27. The molecule has 0 saturated carbocycles. The lowest BCUT2D eigenvalue weighted by atomic mass is 9.93. The lowest BCUT2D eigenvalue weighted by Crippen LogP contribution is -2.47. The van der Waals surface area contributed by atoms with Crippen LogP contribution in [0.4, 0.5) is 0 Å². The van der Waals surface area contributed by atoms with E-state index in [2.05, 4.69) is 33.0 Å². The second-order valence-corrected chi connectivity index (χ2v) is 6.17. The van der Waals surface area contributed by atoms with E-state index < -0.39 is 6.10 Å². The minimum atomic E-state index is -0.531. The zero-order valence-electron chi connectivity index (χ0n) is 12.8. The van der Waals surface area contributed by atoms with Gasteiger partial charge in [-0.3, -0.25) is 4.79 Å². The SMILES string of the molecule is CC(C)C(NC(=O)[C@@H](C)Oc1ccc(Cl)cc1)C(C)C. The molecule has 3 nitrogen and oxygen atoms in total. The number of carbonyl (C=O) groups is 1. The highest BCUT2D eigenvalue weighted by molar-refractivity contribution is 6.30. The molecule has 1 amide bonds. The van der Waals surface area contributed by atoms with Gasteiger partial charge in [0, 0.05) is 11.1 Å². The maximum atomic E-state index is 12.2. The van der Waals surface area contributed by atoms with E-state index in [0.717, 1.165) is 0 Å². The van der Waals surface area contributed by atoms with Gasteiger partial charge in [0.1, 0.15) is 5.75 Å². The number of benzene rings is 1. The maximum absolute atomic E-state index is 12.2. The molecular formula is C16H24ClNO2. The van der Waals surface area contributed by atoms with Crippen LogP contribution < -0.4 is 10.1 Å². The normalized spacial score (nSPS) is 12.8. The molecule has 0 heterocycles. The van der Waals surface area contributed by atoms with Crippen LogP contribution in [-0.4, -0.2) is 18.1 Å². The molecule has 0 unspecified atom stereocenters. The van der Waals surface area contributed by atoms with Crippen LogP contribution in [0.2, 0.25) is 5.02 Å². The molecule has 0 aromatic heterocycles. The minimum absolute atomic E-state index is 0.0904. The number of carbonyl (C=O) groups excluding carboxylic acids is 1. The van der Waals surface area contributed by atoms with Gasteiger partial charge in [-0.15, -0.1) is 0 Å². The second kappa shape index (κ2) is 7.53. The molecule has 1 aromatic rings. The van der Waals surface area contributed by atoms with E-state index >= 15 is 0 Å². The number of nitrogens with one attached hydrogen (secondary N) is 1. The van der Waals surface area contributed by atoms with Crippen molar-refractivity contribution in [3.63, 3.8) is 0 Å². The number of ether oxygens (including phenoxy) is 1. The van der Waals surface area contributed by atoms with Gasteiger partial charge in [0.2, 0.25) is 0 Å². The van der Waals surface area contributed by atoms with Crippen LogP contribution in [0.25, 0.3) is 0 Å². The highest BCUT2D eigenvalue weighted by Crippen LogP contribution is 2.17. The van der Waals surface area contributed by atoms with Crippen LogP contribution in [0.5, 0.6) is 5.75 Å². The molecule has 1 aromatic carbocycles. The Balaban J connectivity index is 2.60. The zero-order valence-corrected chi connectivity index (χ0v) is 13.6. The molecule has 112 valence electrons. The Morgan fingerprint density at radius 1 is 1.05 bits per heavy atom. The number of hydrogen-bond acceptors (Lipinski definition) is 2. The van der Waals surface area contributed by atoms with Crippen molar-refractivity contribution in [3.8, 4) is 5.75 Å². The fourth-order valence-electron chi connectivity index (χ4n) is 2.16. The van der Waals surface area contributed by atoms with E-state index in [1.807, 2.05) is 0 Å². The Bertz CT molecular complexity index is 421. The number of halogens is 1. The van der Waals surface area contributed by atoms with E-state index in [1.165, 1.54) is 0 Å². The summed E-state index contributed by atoms with van der Waals surface area (Å²) >= 11 is 5.81. The molecule has 0 spiro atoms. The zero-order chi connectivity index (χ0) is 15.3.